The fraction of sp³-hybridized carbons (Fsp3) is 0.429. The van der Waals surface area contributed by atoms with Gasteiger partial charge in [-0.3, -0.25) is 0 Å². The summed E-state index contributed by atoms with van der Waals surface area (Å²) < 4.78 is 17.4. The first-order chi connectivity index (χ1) is 12.0. The molecule has 0 unspecified atom stereocenters. The molecule has 0 spiro atoms. The number of hydrogen-bond acceptors (Lipinski definition) is 3. The summed E-state index contributed by atoms with van der Waals surface area (Å²) in [5.41, 5.74) is 0. The molecule has 136 valence electrons. The second-order valence-corrected chi connectivity index (χ2v) is 11.5. The molecule has 0 saturated carbocycles. The van der Waals surface area contributed by atoms with Crippen LogP contribution in [0.2, 0.25) is 5.04 Å². The van der Waals surface area contributed by atoms with Gasteiger partial charge in [-0.05, 0) is 15.4 Å². The van der Waals surface area contributed by atoms with Gasteiger partial charge in [0, 0.05) is 27.2 Å². The molecular formula is C21H30O3Si. The lowest BCUT2D eigenvalue weighted by atomic mass is 10.2. The quantitative estimate of drug-likeness (QED) is 0.533. The van der Waals surface area contributed by atoms with Gasteiger partial charge in [0.1, 0.15) is 0 Å². The van der Waals surface area contributed by atoms with Gasteiger partial charge in [-0.25, -0.2) is 0 Å². The van der Waals surface area contributed by atoms with Crippen LogP contribution in [0.5, 0.6) is 0 Å². The molecule has 0 atom stereocenters. The van der Waals surface area contributed by atoms with Crippen molar-refractivity contribution in [2.75, 3.05) is 20.8 Å². The van der Waals surface area contributed by atoms with Gasteiger partial charge in [-0.15, -0.1) is 0 Å². The maximum atomic E-state index is 6.78. The summed E-state index contributed by atoms with van der Waals surface area (Å²) in [6.45, 7) is 7.44. The van der Waals surface area contributed by atoms with E-state index in [0.717, 1.165) is 0 Å². The van der Waals surface area contributed by atoms with Crippen molar-refractivity contribution in [3.63, 3.8) is 0 Å². The molecule has 3 nitrogen and oxygen atoms in total. The predicted octanol–water partition coefficient (Wildman–Crippen LogP) is 3.57. The first-order valence-corrected chi connectivity index (χ1v) is 10.7. The molecule has 0 aliphatic rings. The third-order valence-corrected chi connectivity index (χ3v) is 9.66. The standard InChI is InChI=1S/C21H30O3Si/c1-21(2,3)25(18-12-8-6-9-13-18,19-14-10-7-11-15-19)24-17-16-20(22-4)23-5/h6-15,20H,16-17H2,1-5H3. The average Bonchev–Trinajstić information content (AvgIpc) is 2.62. The van der Waals surface area contributed by atoms with Crippen molar-refractivity contribution in [2.24, 2.45) is 0 Å². The van der Waals surface area contributed by atoms with Crippen molar-refractivity contribution in [3.05, 3.63) is 60.7 Å². The average molecular weight is 359 g/mol. The second-order valence-electron chi connectivity index (χ2n) is 7.20. The third-order valence-electron chi connectivity index (χ3n) is 4.61. The van der Waals surface area contributed by atoms with Gasteiger partial charge < -0.3 is 13.9 Å². The minimum atomic E-state index is -2.45. The van der Waals surface area contributed by atoms with E-state index in [-0.39, 0.29) is 11.3 Å². The minimum absolute atomic E-state index is 0.00858. The largest absolute Gasteiger partial charge is 0.407 e. The molecule has 0 radical (unpaired) electrons. The van der Waals surface area contributed by atoms with Gasteiger partial charge in [0.15, 0.2) is 6.29 Å². The maximum Gasteiger partial charge on any atom is 0.261 e. The highest BCUT2D eigenvalue weighted by Gasteiger charge is 2.50. The number of methoxy groups -OCH3 is 2. The van der Waals surface area contributed by atoms with Crippen molar-refractivity contribution in [3.8, 4) is 0 Å². The minimum Gasteiger partial charge on any atom is -0.407 e. The molecule has 0 aliphatic carbocycles. The van der Waals surface area contributed by atoms with Gasteiger partial charge in [0.2, 0.25) is 0 Å². The molecule has 0 aliphatic heterocycles. The zero-order valence-electron chi connectivity index (χ0n) is 16.0. The SMILES string of the molecule is COC(CCO[Si](c1ccccc1)(c1ccccc1)C(C)(C)C)OC. The van der Waals surface area contributed by atoms with Crippen molar-refractivity contribution >= 4 is 18.7 Å². The molecule has 0 amide bonds. The molecule has 0 bridgehead atoms. The fourth-order valence-corrected chi connectivity index (χ4v) is 7.98. The number of rotatable bonds is 8. The van der Waals surface area contributed by atoms with Gasteiger partial charge in [0.25, 0.3) is 8.32 Å². The molecular weight excluding hydrogens is 328 g/mol. The van der Waals surface area contributed by atoms with E-state index < -0.39 is 8.32 Å². The summed E-state index contributed by atoms with van der Waals surface area (Å²) >= 11 is 0. The van der Waals surface area contributed by atoms with Gasteiger partial charge >= 0.3 is 0 Å². The number of hydrogen-bond donors (Lipinski definition) is 0. The molecule has 4 heteroatoms. The van der Waals surface area contributed by atoms with E-state index in [1.165, 1.54) is 10.4 Å². The maximum absolute atomic E-state index is 6.78. The van der Waals surface area contributed by atoms with Crippen LogP contribution in [0.3, 0.4) is 0 Å². The molecule has 0 N–H and O–H groups in total. The fourth-order valence-electron chi connectivity index (χ4n) is 3.40. The summed E-state index contributed by atoms with van der Waals surface area (Å²) in [4.78, 5) is 0. The zero-order chi connectivity index (χ0) is 18.3. The Morgan fingerprint density at radius 2 is 1.24 bits per heavy atom. The Balaban J connectivity index is 2.46. The van der Waals surface area contributed by atoms with Crippen LogP contribution < -0.4 is 10.4 Å². The van der Waals surface area contributed by atoms with Gasteiger partial charge in [0.05, 0.1) is 0 Å². The summed E-state index contributed by atoms with van der Waals surface area (Å²) in [5.74, 6) is 0. The topological polar surface area (TPSA) is 27.7 Å². The van der Waals surface area contributed by atoms with E-state index in [9.17, 15) is 0 Å². The monoisotopic (exact) mass is 358 g/mol. The Kier molecular flexibility index (Phi) is 6.96. The number of ether oxygens (including phenoxy) is 2. The summed E-state index contributed by atoms with van der Waals surface area (Å²) in [7, 11) is 0.875. The Morgan fingerprint density at radius 3 is 1.60 bits per heavy atom. The van der Waals surface area contributed by atoms with Crippen LogP contribution in [0.15, 0.2) is 60.7 Å². The Labute approximate surface area is 153 Å². The first kappa shape index (κ1) is 19.9. The molecule has 0 saturated heterocycles. The lowest BCUT2D eigenvalue weighted by Gasteiger charge is -2.43. The van der Waals surface area contributed by atoms with Crippen molar-refractivity contribution in [2.45, 2.75) is 38.5 Å². The lowest BCUT2D eigenvalue weighted by Crippen LogP contribution is -2.66. The van der Waals surface area contributed by atoms with E-state index >= 15 is 0 Å². The number of benzene rings is 2. The first-order valence-electron chi connectivity index (χ1n) is 8.76. The van der Waals surface area contributed by atoms with Gasteiger partial charge in [-0.1, -0.05) is 81.4 Å². The van der Waals surface area contributed by atoms with Gasteiger partial charge in [-0.2, -0.15) is 0 Å². The molecule has 0 aromatic heterocycles. The van der Waals surface area contributed by atoms with E-state index in [1.54, 1.807) is 14.2 Å². The molecule has 0 fully saturated rings. The Hall–Kier alpha value is -1.46. The van der Waals surface area contributed by atoms with Crippen LogP contribution in [0.4, 0.5) is 0 Å². The third kappa shape index (κ3) is 4.39. The normalized spacial score (nSPS) is 12.6. The zero-order valence-corrected chi connectivity index (χ0v) is 17.0. The summed E-state index contributed by atoms with van der Waals surface area (Å²) in [6.07, 6.45) is 0.468. The predicted molar refractivity (Wildman–Crippen MR) is 106 cm³/mol. The lowest BCUT2D eigenvalue weighted by molar-refractivity contribution is -0.110. The van der Waals surface area contributed by atoms with Crippen LogP contribution in [0, 0.1) is 0 Å². The smallest absolute Gasteiger partial charge is 0.261 e. The van der Waals surface area contributed by atoms with Crippen LogP contribution >= 0.6 is 0 Å². The van der Waals surface area contributed by atoms with E-state index in [2.05, 4.69) is 81.4 Å². The van der Waals surface area contributed by atoms with Crippen molar-refractivity contribution in [1.29, 1.82) is 0 Å². The molecule has 2 aromatic carbocycles. The molecule has 2 rings (SSSR count). The highest BCUT2D eigenvalue weighted by Crippen LogP contribution is 2.36. The molecule has 2 aromatic rings. The summed E-state index contributed by atoms with van der Waals surface area (Å²) in [6, 6.07) is 21.3. The second kappa shape index (κ2) is 8.76. The van der Waals surface area contributed by atoms with Crippen LogP contribution in [0.25, 0.3) is 0 Å². The molecule has 25 heavy (non-hydrogen) atoms. The highest BCUT2D eigenvalue weighted by molar-refractivity contribution is 6.99. The van der Waals surface area contributed by atoms with Crippen LogP contribution in [0.1, 0.15) is 27.2 Å². The van der Waals surface area contributed by atoms with Crippen LogP contribution in [-0.2, 0) is 13.9 Å². The van der Waals surface area contributed by atoms with Crippen molar-refractivity contribution in [1.82, 2.24) is 0 Å². The van der Waals surface area contributed by atoms with E-state index in [1.807, 2.05) is 0 Å². The summed E-state index contributed by atoms with van der Waals surface area (Å²) in [5, 5.41) is 2.57. The highest BCUT2D eigenvalue weighted by atomic mass is 28.4. The van der Waals surface area contributed by atoms with Crippen LogP contribution in [-0.4, -0.2) is 35.4 Å². The van der Waals surface area contributed by atoms with Crippen molar-refractivity contribution < 1.29 is 13.9 Å². The molecule has 0 heterocycles. The Bertz CT molecular complexity index is 579. The van der Waals surface area contributed by atoms with E-state index in [0.29, 0.717) is 13.0 Å². The van der Waals surface area contributed by atoms with E-state index in [4.69, 9.17) is 13.9 Å². The Morgan fingerprint density at radius 1 is 0.800 bits per heavy atom.